The van der Waals surface area contributed by atoms with Gasteiger partial charge in [-0.3, -0.25) is 0 Å². The second-order valence-corrected chi connectivity index (χ2v) is 9.84. The normalized spacial score (nSPS) is 15.8. The van der Waals surface area contributed by atoms with Gasteiger partial charge in [-0.1, -0.05) is 36.4 Å². The predicted molar refractivity (Wildman–Crippen MR) is 153 cm³/mol. The molecule has 2 heterocycles. The van der Waals surface area contributed by atoms with Gasteiger partial charge in [0.05, 0.1) is 71.6 Å². The predicted octanol–water partition coefficient (Wildman–Crippen LogP) is 6.10. The van der Waals surface area contributed by atoms with E-state index in [9.17, 15) is 21.0 Å². The van der Waals surface area contributed by atoms with Gasteiger partial charge in [0.15, 0.2) is 0 Å². The lowest BCUT2D eigenvalue weighted by Crippen LogP contribution is -2.24. The quantitative estimate of drug-likeness (QED) is 0.382. The molecule has 2 aliphatic heterocycles. The number of rotatable bonds is 8. The topological polar surface area (TPSA) is 138 Å². The number of nitrogens with zero attached hydrogens (tertiary/aromatic N) is 4. The summed E-state index contributed by atoms with van der Waals surface area (Å²) < 4.78 is 12.3. The molecular formula is C33H30N6O2. The van der Waals surface area contributed by atoms with Crippen LogP contribution < -0.4 is 20.1 Å². The average Bonchev–Trinajstić information content (AvgIpc) is 2.97. The summed E-state index contributed by atoms with van der Waals surface area (Å²) in [6, 6.07) is 24.0. The summed E-state index contributed by atoms with van der Waals surface area (Å²) in [6.45, 7) is 8.02. The Hall–Kier alpha value is -5.44. The van der Waals surface area contributed by atoms with Crippen molar-refractivity contribution in [2.75, 3.05) is 13.2 Å². The van der Waals surface area contributed by atoms with Gasteiger partial charge in [-0.05, 0) is 39.8 Å². The number of para-hydroxylation sites is 2. The first kappa shape index (κ1) is 28.6. The standard InChI is InChI=1S/C33H30N6O2/c1-20-26(16-34)32(27(17-35)21(2)38-20)24-10-5-7-12-30(24)40-14-9-15-41-31-13-8-6-11-25(31)33-28(18-36)22(3)39-23(4)29(33)19-37/h5-8,10-13,32-33,38-39H,9,14-15H2,1-4H3. The van der Waals surface area contributed by atoms with Gasteiger partial charge in [0, 0.05) is 40.3 Å². The van der Waals surface area contributed by atoms with E-state index >= 15 is 0 Å². The van der Waals surface area contributed by atoms with Crippen molar-refractivity contribution in [3.8, 4) is 35.8 Å². The molecule has 8 heteroatoms. The summed E-state index contributed by atoms with van der Waals surface area (Å²) in [5, 5.41) is 45.7. The number of ether oxygens (including phenoxy) is 2. The lowest BCUT2D eigenvalue weighted by atomic mass is 9.81. The van der Waals surface area contributed by atoms with E-state index in [0.717, 1.165) is 33.9 Å². The van der Waals surface area contributed by atoms with E-state index in [4.69, 9.17) is 9.47 Å². The third-order valence-corrected chi connectivity index (χ3v) is 7.27. The van der Waals surface area contributed by atoms with Crippen LogP contribution in [0.25, 0.3) is 0 Å². The molecule has 204 valence electrons. The van der Waals surface area contributed by atoms with Crippen LogP contribution in [0.3, 0.4) is 0 Å². The molecule has 0 saturated carbocycles. The molecule has 0 amide bonds. The molecule has 0 fully saturated rings. The summed E-state index contributed by atoms with van der Waals surface area (Å²) in [6.07, 6.45) is 0.557. The van der Waals surface area contributed by atoms with Crippen LogP contribution in [0.2, 0.25) is 0 Å². The number of allylic oxidation sites excluding steroid dienone is 8. The van der Waals surface area contributed by atoms with E-state index in [1.54, 1.807) is 0 Å². The van der Waals surface area contributed by atoms with Crippen LogP contribution in [0.4, 0.5) is 0 Å². The van der Waals surface area contributed by atoms with E-state index in [0.29, 0.717) is 53.4 Å². The first-order chi connectivity index (χ1) is 19.9. The first-order valence-corrected chi connectivity index (χ1v) is 13.3. The molecule has 0 radical (unpaired) electrons. The Balaban J connectivity index is 1.49. The van der Waals surface area contributed by atoms with Crippen LogP contribution >= 0.6 is 0 Å². The molecule has 2 aromatic rings. The van der Waals surface area contributed by atoms with Gasteiger partial charge in [0.2, 0.25) is 0 Å². The number of benzene rings is 2. The number of hydrogen-bond acceptors (Lipinski definition) is 8. The zero-order valence-corrected chi connectivity index (χ0v) is 23.5. The fourth-order valence-corrected chi connectivity index (χ4v) is 5.33. The third-order valence-electron chi connectivity index (χ3n) is 7.27. The van der Waals surface area contributed by atoms with Crippen molar-refractivity contribution in [2.45, 2.75) is 46.0 Å². The van der Waals surface area contributed by atoms with Gasteiger partial charge in [-0.25, -0.2) is 0 Å². The minimum atomic E-state index is -0.507. The maximum atomic E-state index is 9.87. The fraction of sp³-hybridized carbons (Fsp3) is 0.273. The molecule has 4 rings (SSSR count). The van der Waals surface area contributed by atoms with E-state index in [1.165, 1.54) is 0 Å². The highest BCUT2D eigenvalue weighted by Gasteiger charge is 2.32. The van der Waals surface area contributed by atoms with Gasteiger partial charge < -0.3 is 20.1 Å². The Bertz CT molecular complexity index is 1470. The minimum Gasteiger partial charge on any atom is -0.493 e. The van der Waals surface area contributed by atoms with E-state index in [-0.39, 0.29) is 0 Å². The van der Waals surface area contributed by atoms with Crippen LogP contribution in [-0.4, -0.2) is 13.2 Å². The Labute approximate surface area is 240 Å². The molecule has 0 saturated heterocycles. The molecule has 8 nitrogen and oxygen atoms in total. The SMILES string of the molecule is CC1=C(C#N)C(c2ccccc2OCCCOc2ccccc2C2C(C#N)=C(C)NC(C)=C2C#N)C(C#N)=C(C)N1. The first-order valence-electron chi connectivity index (χ1n) is 13.3. The largest absolute Gasteiger partial charge is 0.493 e. The molecule has 0 aliphatic carbocycles. The van der Waals surface area contributed by atoms with Gasteiger partial charge in [0.25, 0.3) is 0 Å². The zero-order chi connectivity index (χ0) is 29.5. The summed E-state index contributed by atoms with van der Waals surface area (Å²) in [5.74, 6) is 0.197. The molecule has 41 heavy (non-hydrogen) atoms. The number of nitrogens with one attached hydrogen (secondary N) is 2. The van der Waals surface area contributed by atoms with E-state index in [2.05, 4.69) is 34.9 Å². The van der Waals surface area contributed by atoms with Crippen LogP contribution in [-0.2, 0) is 0 Å². The highest BCUT2D eigenvalue weighted by atomic mass is 16.5. The van der Waals surface area contributed by atoms with Gasteiger partial charge in [-0.2, -0.15) is 21.0 Å². The summed E-state index contributed by atoms with van der Waals surface area (Å²) in [5.41, 5.74) is 6.36. The molecule has 0 bridgehead atoms. The van der Waals surface area contributed by atoms with Crippen molar-refractivity contribution in [1.29, 1.82) is 21.0 Å². The highest BCUT2D eigenvalue weighted by molar-refractivity contribution is 5.59. The highest BCUT2D eigenvalue weighted by Crippen LogP contribution is 2.42. The lowest BCUT2D eigenvalue weighted by Gasteiger charge is -2.27. The number of hydrogen-bond donors (Lipinski definition) is 2. The minimum absolute atomic E-state index is 0.345. The van der Waals surface area contributed by atoms with Crippen molar-refractivity contribution in [1.82, 2.24) is 10.6 Å². The summed E-state index contributed by atoms with van der Waals surface area (Å²) in [7, 11) is 0. The average molecular weight is 543 g/mol. The number of dihydropyridines is 2. The van der Waals surface area contributed by atoms with E-state index < -0.39 is 11.8 Å². The molecule has 0 aromatic heterocycles. The zero-order valence-electron chi connectivity index (χ0n) is 23.5. The Kier molecular flexibility index (Phi) is 8.79. The van der Waals surface area contributed by atoms with Crippen LogP contribution in [0.5, 0.6) is 11.5 Å². The lowest BCUT2D eigenvalue weighted by molar-refractivity contribution is 0.244. The smallest absolute Gasteiger partial charge is 0.123 e. The van der Waals surface area contributed by atoms with Gasteiger partial charge in [-0.15, -0.1) is 0 Å². The second-order valence-electron chi connectivity index (χ2n) is 9.84. The maximum Gasteiger partial charge on any atom is 0.123 e. The Morgan fingerprint density at radius 2 is 0.878 bits per heavy atom. The molecule has 0 unspecified atom stereocenters. The van der Waals surface area contributed by atoms with E-state index in [1.807, 2.05) is 76.2 Å². The van der Waals surface area contributed by atoms with Crippen LogP contribution in [0.15, 0.2) is 93.6 Å². The fourth-order valence-electron chi connectivity index (χ4n) is 5.33. The summed E-state index contributed by atoms with van der Waals surface area (Å²) >= 11 is 0. The Morgan fingerprint density at radius 1 is 0.561 bits per heavy atom. The van der Waals surface area contributed by atoms with Crippen molar-refractivity contribution in [2.24, 2.45) is 0 Å². The third kappa shape index (κ3) is 5.65. The van der Waals surface area contributed by atoms with Crippen molar-refractivity contribution in [3.63, 3.8) is 0 Å². The number of nitriles is 4. The van der Waals surface area contributed by atoms with Crippen LogP contribution in [0, 0.1) is 45.3 Å². The monoisotopic (exact) mass is 542 g/mol. The van der Waals surface area contributed by atoms with Gasteiger partial charge >= 0.3 is 0 Å². The second kappa shape index (κ2) is 12.6. The molecular weight excluding hydrogens is 512 g/mol. The molecule has 0 spiro atoms. The summed E-state index contributed by atoms with van der Waals surface area (Å²) in [4.78, 5) is 0. The van der Waals surface area contributed by atoms with Crippen molar-refractivity contribution in [3.05, 3.63) is 105 Å². The molecule has 2 aromatic carbocycles. The maximum absolute atomic E-state index is 9.87. The molecule has 0 atom stereocenters. The van der Waals surface area contributed by atoms with Crippen molar-refractivity contribution < 1.29 is 9.47 Å². The van der Waals surface area contributed by atoms with Crippen molar-refractivity contribution >= 4 is 0 Å². The van der Waals surface area contributed by atoms with Gasteiger partial charge in [0.1, 0.15) is 11.5 Å². The Morgan fingerprint density at radius 3 is 1.20 bits per heavy atom. The molecule has 2 N–H and O–H groups in total. The van der Waals surface area contributed by atoms with Crippen LogP contribution in [0.1, 0.15) is 57.1 Å². The molecule has 2 aliphatic rings.